The molecule has 0 rings (SSSR count). The second kappa shape index (κ2) is 139. The molecule has 0 unspecified atom stereocenters. The zero-order valence-corrected chi connectivity index (χ0v) is 18.3. The molecule has 0 saturated heterocycles. The standard InChI is InChI=1S/6C2H5O.Na.Nb/c6*1-2-3;;/h6*2H2,1H3;;/q6*-1;+1;+5. The Bertz CT molecular complexity index is 43.4. The van der Waals surface area contributed by atoms with Crippen molar-refractivity contribution >= 4 is 0 Å². The Morgan fingerprint density at radius 1 is 0.400 bits per heavy atom. The van der Waals surface area contributed by atoms with Crippen molar-refractivity contribution in [1.82, 2.24) is 0 Å². The van der Waals surface area contributed by atoms with E-state index in [4.69, 9.17) is 30.6 Å². The van der Waals surface area contributed by atoms with Crippen molar-refractivity contribution < 1.29 is 82.6 Å². The van der Waals surface area contributed by atoms with E-state index in [9.17, 15) is 0 Å². The molecule has 0 radical (unpaired) electrons. The molecule has 6 nitrogen and oxygen atoms in total. The largest absolute Gasteiger partial charge is 5.00 e. The fourth-order valence-corrected chi connectivity index (χ4v) is 0. The minimum absolute atomic E-state index is 0. The Balaban J connectivity index is -0.0000000141. The van der Waals surface area contributed by atoms with E-state index in [1.165, 1.54) is 0 Å². The molecule has 0 aliphatic heterocycles. The summed E-state index contributed by atoms with van der Waals surface area (Å²) in [4.78, 5) is 0. The third kappa shape index (κ3) is 2970. The maximum Gasteiger partial charge on any atom is 5.00 e. The molecule has 0 aromatic carbocycles. The van der Waals surface area contributed by atoms with Gasteiger partial charge in [0.15, 0.2) is 0 Å². The molecule has 120 valence electrons. The summed E-state index contributed by atoms with van der Waals surface area (Å²) >= 11 is 0. The van der Waals surface area contributed by atoms with Crippen LogP contribution in [0.5, 0.6) is 0 Å². The van der Waals surface area contributed by atoms with Gasteiger partial charge in [0.05, 0.1) is 0 Å². The fraction of sp³-hybridized carbons (Fsp3) is 1.00. The summed E-state index contributed by atoms with van der Waals surface area (Å²) in [6, 6.07) is 0. The predicted molar refractivity (Wildman–Crippen MR) is 63.2 cm³/mol. The average molecular weight is 386 g/mol. The summed E-state index contributed by atoms with van der Waals surface area (Å²) in [5.74, 6) is 0. The zero-order valence-electron chi connectivity index (χ0n) is 14.1. The SMILES string of the molecule is CC[O-].CC[O-].CC[O-].CC[O-].CC[O-].CC[O-].[Na+].[Nb+5]. The van der Waals surface area contributed by atoms with E-state index in [0.717, 1.165) is 0 Å². The summed E-state index contributed by atoms with van der Waals surface area (Å²) in [7, 11) is 0. The van der Waals surface area contributed by atoms with Crippen LogP contribution >= 0.6 is 0 Å². The normalized spacial score (nSPS) is 5.40. The van der Waals surface area contributed by atoms with Crippen molar-refractivity contribution in [2.24, 2.45) is 0 Å². The van der Waals surface area contributed by atoms with Crippen LogP contribution in [0.1, 0.15) is 41.5 Å². The maximum atomic E-state index is 8.93. The Labute approximate surface area is 163 Å². The molecule has 0 heterocycles. The quantitative estimate of drug-likeness (QED) is 0.379. The van der Waals surface area contributed by atoms with Gasteiger partial charge in [0.2, 0.25) is 0 Å². The number of rotatable bonds is 0. The van der Waals surface area contributed by atoms with Gasteiger partial charge in [-0.3, -0.25) is 0 Å². The molecule has 0 aromatic rings. The van der Waals surface area contributed by atoms with Crippen molar-refractivity contribution in [2.75, 3.05) is 39.6 Å². The third-order valence-corrected chi connectivity index (χ3v) is 0. The number of hydrogen-bond donors (Lipinski definition) is 0. The van der Waals surface area contributed by atoms with Gasteiger partial charge in [0.1, 0.15) is 0 Å². The molecule has 0 aromatic heterocycles. The van der Waals surface area contributed by atoms with Crippen LogP contribution in [0.15, 0.2) is 0 Å². The van der Waals surface area contributed by atoms with E-state index >= 15 is 0 Å². The summed E-state index contributed by atoms with van der Waals surface area (Å²) in [5.41, 5.74) is 0. The average Bonchev–Trinajstić information content (AvgIpc) is 2.23. The zero-order chi connectivity index (χ0) is 16.2. The first-order chi connectivity index (χ1) is 8.49. The van der Waals surface area contributed by atoms with Gasteiger partial charge in [0.25, 0.3) is 0 Å². The number of hydrogen-bond acceptors (Lipinski definition) is 6. The van der Waals surface area contributed by atoms with Crippen molar-refractivity contribution in [3.05, 3.63) is 0 Å². The summed E-state index contributed by atoms with van der Waals surface area (Å²) in [6.07, 6.45) is 0. The summed E-state index contributed by atoms with van der Waals surface area (Å²) in [6.45, 7) is 9.42. The molecule has 0 aliphatic rings. The molecule has 8 heteroatoms. The maximum absolute atomic E-state index is 8.93. The van der Waals surface area contributed by atoms with Crippen molar-refractivity contribution in [1.29, 1.82) is 0 Å². The van der Waals surface area contributed by atoms with Crippen LogP contribution in [0, 0.1) is 0 Å². The Hall–Kier alpha value is 1.50. The first kappa shape index (κ1) is 49.6. The van der Waals surface area contributed by atoms with Crippen molar-refractivity contribution in [3.63, 3.8) is 0 Å². The van der Waals surface area contributed by atoms with Crippen LogP contribution < -0.4 is 60.2 Å². The Kier molecular flexibility index (Phi) is 344. The monoisotopic (exact) mass is 386 g/mol. The van der Waals surface area contributed by atoms with E-state index < -0.39 is 0 Å². The van der Waals surface area contributed by atoms with Gasteiger partial charge < -0.3 is 30.6 Å². The van der Waals surface area contributed by atoms with Crippen molar-refractivity contribution in [2.45, 2.75) is 41.5 Å². The smallest absolute Gasteiger partial charge is 0.855 e. The fourth-order valence-electron chi connectivity index (χ4n) is 0. The van der Waals surface area contributed by atoms with E-state index in [1.807, 2.05) is 0 Å². The molecule has 0 saturated carbocycles. The van der Waals surface area contributed by atoms with E-state index in [2.05, 4.69) is 0 Å². The predicted octanol–water partition coefficient (Wildman–Crippen LogP) is -6.80. The van der Waals surface area contributed by atoms with Gasteiger partial charge >= 0.3 is 51.9 Å². The molecular formula is C12H30NaNbO6. The molecule has 0 N–H and O–H groups in total. The van der Waals surface area contributed by atoms with Gasteiger partial charge in [-0.25, -0.2) is 0 Å². The minimum atomic E-state index is 0. The van der Waals surface area contributed by atoms with Gasteiger partial charge in [-0.2, -0.15) is 0 Å². The van der Waals surface area contributed by atoms with E-state index in [-0.39, 0.29) is 91.6 Å². The Morgan fingerprint density at radius 3 is 0.400 bits per heavy atom. The van der Waals surface area contributed by atoms with Crippen LogP contribution in [-0.2, 0) is 22.4 Å². The van der Waals surface area contributed by atoms with Gasteiger partial charge in [0, 0.05) is 0 Å². The first-order valence-corrected chi connectivity index (χ1v) is 5.97. The van der Waals surface area contributed by atoms with E-state index in [0.29, 0.717) is 0 Å². The van der Waals surface area contributed by atoms with Crippen LogP contribution in [0.4, 0.5) is 0 Å². The summed E-state index contributed by atoms with van der Waals surface area (Å²) in [5, 5.41) is 53.6. The van der Waals surface area contributed by atoms with Crippen LogP contribution in [-0.4, -0.2) is 39.6 Å². The molecule has 20 heavy (non-hydrogen) atoms. The first-order valence-electron chi connectivity index (χ1n) is 5.97. The summed E-state index contributed by atoms with van der Waals surface area (Å²) < 4.78 is 0. The molecule has 0 atom stereocenters. The topological polar surface area (TPSA) is 138 Å². The Morgan fingerprint density at radius 2 is 0.400 bits per heavy atom. The second-order valence-electron chi connectivity index (χ2n) is 1.73. The molecule has 0 fully saturated rings. The van der Waals surface area contributed by atoms with E-state index in [1.54, 1.807) is 41.5 Å². The molecule has 0 amide bonds. The minimum Gasteiger partial charge on any atom is -0.855 e. The molecule has 0 spiro atoms. The van der Waals surface area contributed by atoms with Gasteiger partial charge in [-0.05, 0) is 0 Å². The molecular weight excluding hydrogens is 356 g/mol. The van der Waals surface area contributed by atoms with Gasteiger partial charge in [-0.1, -0.05) is 41.5 Å². The van der Waals surface area contributed by atoms with Crippen molar-refractivity contribution in [3.8, 4) is 0 Å². The molecule has 0 aliphatic carbocycles. The van der Waals surface area contributed by atoms with Gasteiger partial charge in [-0.15, -0.1) is 39.6 Å². The molecule has 0 bridgehead atoms. The third-order valence-electron chi connectivity index (χ3n) is 0. The second-order valence-corrected chi connectivity index (χ2v) is 1.73. The van der Waals surface area contributed by atoms with Crippen LogP contribution in [0.3, 0.4) is 0 Å². The van der Waals surface area contributed by atoms with Crippen LogP contribution in [0.25, 0.3) is 0 Å². The van der Waals surface area contributed by atoms with Crippen LogP contribution in [0.2, 0.25) is 0 Å².